The number of nitrogens with one attached hydrogen (secondary N) is 2. The molecule has 2 N–H and O–H groups in total. The van der Waals surface area contributed by atoms with Crippen LogP contribution in [0.5, 0.6) is 0 Å². The number of hydrogen-bond acceptors (Lipinski definition) is 3. The second-order valence-electron chi connectivity index (χ2n) is 5.66. The Kier molecular flexibility index (Phi) is 4.78. The van der Waals surface area contributed by atoms with Crippen LogP contribution >= 0.6 is 0 Å². The standard InChI is InChI=1S/C14H26N4/c1-11(10-18-6-4-5-7-18)8-15-9-14-12(2)16-17-13(14)3/h11,15H,4-10H2,1-3H3,(H,16,17)/t11-/m0/s1. The molecule has 1 saturated heterocycles. The highest BCUT2D eigenvalue weighted by Crippen LogP contribution is 2.11. The number of hydrogen-bond donors (Lipinski definition) is 2. The average molecular weight is 250 g/mol. The molecule has 1 fully saturated rings. The van der Waals surface area contributed by atoms with Gasteiger partial charge in [0.2, 0.25) is 0 Å². The highest BCUT2D eigenvalue weighted by Gasteiger charge is 2.14. The van der Waals surface area contributed by atoms with Crippen molar-refractivity contribution in [3.05, 3.63) is 17.0 Å². The first-order valence-electron chi connectivity index (χ1n) is 7.10. The minimum atomic E-state index is 0.718. The molecule has 18 heavy (non-hydrogen) atoms. The lowest BCUT2D eigenvalue weighted by Crippen LogP contribution is -2.31. The first-order chi connectivity index (χ1) is 8.66. The third kappa shape index (κ3) is 3.56. The van der Waals surface area contributed by atoms with E-state index in [2.05, 4.69) is 41.2 Å². The van der Waals surface area contributed by atoms with Crippen molar-refractivity contribution in [2.75, 3.05) is 26.2 Å². The van der Waals surface area contributed by atoms with Crippen molar-refractivity contribution >= 4 is 0 Å². The largest absolute Gasteiger partial charge is 0.312 e. The Morgan fingerprint density at radius 1 is 1.33 bits per heavy atom. The maximum absolute atomic E-state index is 4.22. The molecule has 2 rings (SSSR count). The van der Waals surface area contributed by atoms with Crippen LogP contribution in [0.25, 0.3) is 0 Å². The molecule has 0 amide bonds. The van der Waals surface area contributed by atoms with Gasteiger partial charge >= 0.3 is 0 Å². The summed E-state index contributed by atoms with van der Waals surface area (Å²) in [6.45, 7) is 12.3. The van der Waals surface area contributed by atoms with Crippen LogP contribution in [0, 0.1) is 19.8 Å². The predicted molar refractivity (Wildman–Crippen MR) is 74.6 cm³/mol. The maximum atomic E-state index is 4.22. The van der Waals surface area contributed by atoms with Gasteiger partial charge in [-0.25, -0.2) is 0 Å². The molecule has 0 bridgehead atoms. The summed E-state index contributed by atoms with van der Waals surface area (Å²) < 4.78 is 0. The van der Waals surface area contributed by atoms with Gasteiger partial charge in [-0.1, -0.05) is 6.92 Å². The topological polar surface area (TPSA) is 44.0 Å². The van der Waals surface area contributed by atoms with Gasteiger partial charge in [-0.15, -0.1) is 0 Å². The minimum Gasteiger partial charge on any atom is -0.312 e. The van der Waals surface area contributed by atoms with Crippen LogP contribution in [-0.2, 0) is 6.54 Å². The summed E-state index contributed by atoms with van der Waals surface area (Å²) in [5, 5.41) is 10.8. The quantitative estimate of drug-likeness (QED) is 0.810. The molecular formula is C14H26N4. The van der Waals surface area contributed by atoms with E-state index in [4.69, 9.17) is 0 Å². The molecule has 0 saturated carbocycles. The summed E-state index contributed by atoms with van der Waals surface area (Å²) in [6, 6.07) is 0. The molecule has 2 heterocycles. The van der Waals surface area contributed by atoms with E-state index in [9.17, 15) is 0 Å². The van der Waals surface area contributed by atoms with Crippen molar-refractivity contribution < 1.29 is 0 Å². The fourth-order valence-electron chi connectivity index (χ4n) is 2.75. The molecule has 1 aliphatic rings. The number of rotatable bonds is 6. The fourth-order valence-corrected chi connectivity index (χ4v) is 2.75. The molecule has 102 valence electrons. The molecule has 0 aliphatic carbocycles. The average Bonchev–Trinajstić information content (AvgIpc) is 2.93. The van der Waals surface area contributed by atoms with Gasteiger partial charge in [0.15, 0.2) is 0 Å². The van der Waals surface area contributed by atoms with Gasteiger partial charge < -0.3 is 10.2 Å². The number of aryl methyl sites for hydroxylation is 2. The van der Waals surface area contributed by atoms with Crippen LogP contribution < -0.4 is 5.32 Å². The molecule has 1 atom stereocenters. The molecule has 0 aromatic carbocycles. The van der Waals surface area contributed by atoms with E-state index in [-0.39, 0.29) is 0 Å². The third-order valence-electron chi connectivity index (χ3n) is 3.84. The Morgan fingerprint density at radius 2 is 2.06 bits per heavy atom. The monoisotopic (exact) mass is 250 g/mol. The van der Waals surface area contributed by atoms with Gasteiger partial charge in [0, 0.05) is 24.3 Å². The molecule has 1 aromatic heterocycles. The smallest absolute Gasteiger partial charge is 0.0638 e. The Hall–Kier alpha value is -0.870. The lowest BCUT2D eigenvalue weighted by atomic mass is 10.1. The van der Waals surface area contributed by atoms with E-state index in [1.54, 1.807) is 0 Å². The second kappa shape index (κ2) is 6.34. The van der Waals surface area contributed by atoms with Crippen LogP contribution in [0.4, 0.5) is 0 Å². The van der Waals surface area contributed by atoms with Crippen molar-refractivity contribution in [1.29, 1.82) is 0 Å². The number of H-pyrrole nitrogens is 1. The van der Waals surface area contributed by atoms with Crippen molar-refractivity contribution in [3.8, 4) is 0 Å². The van der Waals surface area contributed by atoms with E-state index < -0.39 is 0 Å². The second-order valence-corrected chi connectivity index (χ2v) is 5.66. The highest BCUT2D eigenvalue weighted by atomic mass is 15.1. The van der Waals surface area contributed by atoms with Gasteiger partial charge in [0.25, 0.3) is 0 Å². The van der Waals surface area contributed by atoms with E-state index in [0.717, 1.165) is 24.7 Å². The van der Waals surface area contributed by atoms with Crippen LogP contribution in [0.3, 0.4) is 0 Å². The molecule has 4 heteroatoms. The van der Waals surface area contributed by atoms with Gasteiger partial charge in [0.1, 0.15) is 0 Å². The first-order valence-corrected chi connectivity index (χ1v) is 7.10. The van der Waals surface area contributed by atoms with Crippen molar-refractivity contribution in [2.45, 2.75) is 40.2 Å². The summed E-state index contributed by atoms with van der Waals surface area (Å²) in [4.78, 5) is 2.58. The maximum Gasteiger partial charge on any atom is 0.0638 e. The fraction of sp³-hybridized carbons (Fsp3) is 0.786. The molecular weight excluding hydrogens is 224 g/mol. The molecule has 1 aliphatic heterocycles. The van der Waals surface area contributed by atoms with Crippen LogP contribution in [0.2, 0.25) is 0 Å². The lowest BCUT2D eigenvalue weighted by Gasteiger charge is -2.20. The first kappa shape index (κ1) is 13.6. The van der Waals surface area contributed by atoms with E-state index in [1.807, 2.05) is 0 Å². The van der Waals surface area contributed by atoms with Gasteiger partial charge in [-0.2, -0.15) is 5.10 Å². The van der Waals surface area contributed by atoms with Crippen molar-refractivity contribution in [2.24, 2.45) is 5.92 Å². The van der Waals surface area contributed by atoms with Gasteiger partial charge in [-0.05, 0) is 52.2 Å². The van der Waals surface area contributed by atoms with E-state index in [0.29, 0.717) is 0 Å². The van der Waals surface area contributed by atoms with Crippen LogP contribution in [0.15, 0.2) is 0 Å². The zero-order valence-corrected chi connectivity index (χ0v) is 11.9. The van der Waals surface area contributed by atoms with E-state index in [1.165, 1.54) is 43.7 Å². The number of aromatic amines is 1. The van der Waals surface area contributed by atoms with Gasteiger partial charge in [-0.3, -0.25) is 5.10 Å². The number of nitrogens with zero attached hydrogens (tertiary/aromatic N) is 2. The SMILES string of the molecule is Cc1n[nH]c(C)c1CNC[C@H](C)CN1CCCC1. The Morgan fingerprint density at radius 3 is 2.67 bits per heavy atom. The van der Waals surface area contributed by atoms with E-state index >= 15 is 0 Å². The van der Waals surface area contributed by atoms with Crippen LogP contribution in [-0.4, -0.2) is 41.3 Å². The lowest BCUT2D eigenvalue weighted by molar-refractivity contribution is 0.282. The minimum absolute atomic E-state index is 0.718. The zero-order chi connectivity index (χ0) is 13.0. The third-order valence-corrected chi connectivity index (χ3v) is 3.84. The zero-order valence-electron chi connectivity index (χ0n) is 11.9. The summed E-state index contributed by atoms with van der Waals surface area (Å²) in [6.07, 6.45) is 2.76. The normalized spacial score (nSPS) is 18.4. The highest BCUT2D eigenvalue weighted by molar-refractivity contribution is 5.22. The van der Waals surface area contributed by atoms with Gasteiger partial charge in [0.05, 0.1) is 5.69 Å². The molecule has 0 radical (unpaired) electrons. The number of likely N-dealkylation sites (tertiary alicyclic amines) is 1. The summed E-state index contributed by atoms with van der Waals surface area (Å²) in [7, 11) is 0. The predicted octanol–water partition coefficient (Wildman–Crippen LogP) is 1.85. The Bertz CT molecular complexity index is 346. The van der Waals surface area contributed by atoms with Crippen molar-refractivity contribution in [1.82, 2.24) is 20.4 Å². The van der Waals surface area contributed by atoms with Crippen molar-refractivity contribution in [3.63, 3.8) is 0 Å². The summed E-state index contributed by atoms with van der Waals surface area (Å²) in [5.41, 5.74) is 3.63. The summed E-state index contributed by atoms with van der Waals surface area (Å²) in [5.74, 6) is 0.718. The Balaban J connectivity index is 1.68. The molecule has 4 nitrogen and oxygen atoms in total. The number of aromatic nitrogens is 2. The summed E-state index contributed by atoms with van der Waals surface area (Å²) >= 11 is 0. The Labute approximate surface area is 110 Å². The van der Waals surface area contributed by atoms with Crippen LogP contribution in [0.1, 0.15) is 36.7 Å². The molecule has 0 unspecified atom stereocenters. The molecule has 0 spiro atoms. The molecule has 1 aromatic rings.